The van der Waals surface area contributed by atoms with E-state index in [4.69, 9.17) is 5.26 Å². The number of rotatable bonds is 2. The predicted molar refractivity (Wildman–Crippen MR) is 76.8 cm³/mol. The molecular formula is C13H12N4O2S. The zero-order valence-electron chi connectivity index (χ0n) is 10.7. The number of fused-ring (bicyclic) bond motifs is 1. The SMILES string of the molecule is N#CC1CCN(c2nc3ccc([N+](=O)[O-])cc3s2)CC1. The van der Waals surface area contributed by atoms with Gasteiger partial charge in [-0.25, -0.2) is 4.98 Å². The highest BCUT2D eigenvalue weighted by molar-refractivity contribution is 7.22. The summed E-state index contributed by atoms with van der Waals surface area (Å²) >= 11 is 1.47. The van der Waals surface area contributed by atoms with E-state index in [2.05, 4.69) is 16.0 Å². The summed E-state index contributed by atoms with van der Waals surface area (Å²) in [6.45, 7) is 1.64. The van der Waals surface area contributed by atoms with Gasteiger partial charge < -0.3 is 4.90 Å². The third kappa shape index (κ3) is 2.30. The van der Waals surface area contributed by atoms with Gasteiger partial charge >= 0.3 is 0 Å². The van der Waals surface area contributed by atoms with E-state index in [1.807, 2.05) is 0 Å². The molecule has 0 unspecified atom stereocenters. The summed E-state index contributed by atoms with van der Waals surface area (Å²) in [5.74, 6) is 0.140. The molecule has 6 nitrogen and oxygen atoms in total. The van der Waals surface area contributed by atoms with E-state index in [0.29, 0.717) is 0 Å². The molecular weight excluding hydrogens is 276 g/mol. The highest BCUT2D eigenvalue weighted by Gasteiger charge is 2.21. The van der Waals surface area contributed by atoms with Gasteiger partial charge in [-0.2, -0.15) is 5.26 Å². The predicted octanol–water partition coefficient (Wildman–Crippen LogP) is 2.94. The van der Waals surface area contributed by atoms with Crippen LogP contribution in [-0.2, 0) is 0 Å². The van der Waals surface area contributed by atoms with E-state index in [1.54, 1.807) is 12.1 Å². The number of benzene rings is 1. The minimum Gasteiger partial charge on any atom is -0.348 e. The quantitative estimate of drug-likeness (QED) is 0.626. The second-order valence-corrected chi connectivity index (χ2v) is 5.81. The van der Waals surface area contributed by atoms with Crippen molar-refractivity contribution in [1.82, 2.24) is 4.98 Å². The standard InChI is InChI=1S/C13H12N4O2S/c14-8-9-3-5-16(6-4-9)13-15-11-2-1-10(17(18)19)7-12(11)20-13/h1-2,7,9H,3-6H2. The summed E-state index contributed by atoms with van der Waals surface area (Å²) in [5.41, 5.74) is 0.883. The van der Waals surface area contributed by atoms with E-state index in [1.165, 1.54) is 17.4 Å². The van der Waals surface area contributed by atoms with Crippen molar-refractivity contribution >= 4 is 32.4 Å². The zero-order valence-corrected chi connectivity index (χ0v) is 11.5. The van der Waals surface area contributed by atoms with Gasteiger partial charge in [0.1, 0.15) is 0 Å². The van der Waals surface area contributed by atoms with Crippen LogP contribution in [0.15, 0.2) is 18.2 Å². The van der Waals surface area contributed by atoms with Crippen molar-refractivity contribution in [2.75, 3.05) is 18.0 Å². The van der Waals surface area contributed by atoms with Crippen LogP contribution in [0.25, 0.3) is 10.2 Å². The Hall–Kier alpha value is -2.20. The molecule has 0 radical (unpaired) electrons. The van der Waals surface area contributed by atoms with Crippen molar-refractivity contribution in [3.63, 3.8) is 0 Å². The zero-order chi connectivity index (χ0) is 14.1. The molecule has 0 N–H and O–H groups in total. The average molecular weight is 288 g/mol. The fourth-order valence-corrected chi connectivity index (χ4v) is 3.40. The van der Waals surface area contributed by atoms with Crippen LogP contribution < -0.4 is 4.90 Å². The maximum absolute atomic E-state index is 10.8. The Balaban J connectivity index is 1.86. The number of aromatic nitrogens is 1. The molecule has 20 heavy (non-hydrogen) atoms. The maximum atomic E-state index is 10.8. The molecule has 1 aliphatic rings. The van der Waals surface area contributed by atoms with Crippen LogP contribution >= 0.6 is 11.3 Å². The molecule has 3 rings (SSSR count). The lowest BCUT2D eigenvalue weighted by molar-refractivity contribution is -0.384. The van der Waals surface area contributed by atoms with Gasteiger partial charge in [0.25, 0.3) is 5.69 Å². The van der Waals surface area contributed by atoms with Crippen molar-refractivity contribution in [3.05, 3.63) is 28.3 Å². The third-order valence-corrected chi connectivity index (χ3v) is 4.60. The number of nitriles is 1. The molecule has 2 aromatic rings. The van der Waals surface area contributed by atoms with Gasteiger partial charge in [-0.3, -0.25) is 10.1 Å². The molecule has 0 atom stereocenters. The van der Waals surface area contributed by atoms with Gasteiger partial charge in [-0.05, 0) is 18.9 Å². The molecule has 0 amide bonds. The monoisotopic (exact) mass is 288 g/mol. The Kier molecular flexibility index (Phi) is 3.24. The van der Waals surface area contributed by atoms with Gasteiger partial charge in [-0.1, -0.05) is 11.3 Å². The second kappa shape index (κ2) is 5.06. The largest absolute Gasteiger partial charge is 0.348 e. The number of nitro groups is 1. The van der Waals surface area contributed by atoms with E-state index in [-0.39, 0.29) is 11.6 Å². The Morgan fingerprint density at radius 3 is 2.85 bits per heavy atom. The summed E-state index contributed by atoms with van der Waals surface area (Å²) < 4.78 is 0.830. The molecule has 0 aliphatic carbocycles. The summed E-state index contributed by atoms with van der Waals surface area (Å²) in [5, 5.41) is 20.6. The first-order valence-electron chi connectivity index (χ1n) is 6.37. The van der Waals surface area contributed by atoms with Gasteiger partial charge in [0, 0.05) is 31.1 Å². The highest BCUT2D eigenvalue weighted by Crippen LogP contribution is 2.33. The molecule has 7 heteroatoms. The molecule has 1 aliphatic heterocycles. The van der Waals surface area contributed by atoms with Crippen LogP contribution in [0.4, 0.5) is 10.8 Å². The first-order valence-corrected chi connectivity index (χ1v) is 7.18. The van der Waals surface area contributed by atoms with E-state index in [0.717, 1.165) is 41.3 Å². The number of piperidine rings is 1. The van der Waals surface area contributed by atoms with Gasteiger partial charge in [-0.15, -0.1) is 0 Å². The average Bonchev–Trinajstić information content (AvgIpc) is 2.90. The van der Waals surface area contributed by atoms with E-state index >= 15 is 0 Å². The second-order valence-electron chi connectivity index (χ2n) is 4.80. The van der Waals surface area contributed by atoms with Gasteiger partial charge in [0.15, 0.2) is 5.13 Å². The van der Waals surface area contributed by atoms with Crippen LogP contribution in [-0.4, -0.2) is 23.0 Å². The van der Waals surface area contributed by atoms with Crippen LogP contribution in [0.2, 0.25) is 0 Å². The van der Waals surface area contributed by atoms with Crippen LogP contribution in [0.1, 0.15) is 12.8 Å². The minimum atomic E-state index is -0.392. The molecule has 0 spiro atoms. The number of hydrogen-bond acceptors (Lipinski definition) is 6. The van der Waals surface area contributed by atoms with Crippen molar-refractivity contribution in [2.45, 2.75) is 12.8 Å². The first-order chi connectivity index (χ1) is 9.67. The molecule has 0 bridgehead atoms. The lowest BCUT2D eigenvalue weighted by Gasteiger charge is -2.28. The summed E-state index contributed by atoms with van der Waals surface area (Å²) in [4.78, 5) is 17.1. The molecule has 1 fully saturated rings. The number of anilines is 1. The minimum absolute atomic E-state index is 0.0934. The normalized spacial score (nSPS) is 16.2. The fraction of sp³-hybridized carbons (Fsp3) is 0.385. The van der Waals surface area contributed by atoms with E-state index < -0.39 is 4.92 Å². The molecule has 1 saturated heterocycles. The number of non-ortho nitro benzene ring substituents is 1. The first kappa shape index (κ1) is 12.8. The molecule has 1 aromatic carbocycles. The molecule has 1 aromatic heterocycles. The van der Waals surface area contributed by atoms with Crippen molar-refractivity contribution in [1.29, 1.82) is 5.26 Å². The summed E-state index contributed by atoms with van der Waals surface area (Å²) in [6.07, 6.45) is 1.71. The lowest BCUT2D eigenvalue weighted by Crippen LogP contribution is -2.33. The van der Waals surface area contributed by atoms with Crippen LogP contribution in [0, 0.1) is 27.4 Å². The number of thiazole rings is 1. The molecule has 102 valence electrons. The Morgan fingerprint density at radius 2 is 2.20 bits per heavy atom. The van der Waals surface area contributed by atoms with Crippen LogP contribution in [0.3, 0.4) is 0 Å². The number of hydrogen-bond donors (Lipinski definition) is 0. The number of nitrogens with zero attached hydrogens (tertiary/aromatic N) is 4. The fourth-order valence-electron chi connectivity index (χ4n) is 2.35. The molecule has 2 heterocycles. The highest BCUT2D eigenvalue weighted by atomic mass is 32.1. The Labute approximate surface area is 119 Å². The summed E-state index contributed by atoms with van der Waals surface area (Å²) in [7, 11) is 0. The van der Waals surface area contributed by atoms with Crippen molar-refractivity contribution < 1.29 is 4.92 Å². The topological polar surface area (TPSA) is 83.1 Å². The van der Waals surface area contributed by atoms with E-state index in [9.17, 15) is 10.1 Å². The lowest BCUT2D eigenvalue weighted by atomic mass is 9.99. The maximum Gasteiger partial charge on any atom is 0.270 e. The van der Waals surface area contributed by atoms with Gasteiger partial charge in [0.2, 0.25) is 0 Å². The summed E-state index contributed by atoms with van der Waals surface area (Å²) in [6, 6.07) is 7.04. The van der Waals surface area contributed by atoms with Crippen LogP contribution in [0.5, 0.6) is 0 Å². The van der Waals surface area contributed by atoms with Crippen molar-refractivity contribution in [2.24, 2.45) is 5.92 Å². The Morgan fingerprint density at radius 1 is 1.45 bits per heavy atom. The third-order valence-electron chi connectivity index (χ3n) is 3.52. The van der Waals surface area contributed by atoms with Gasteiger partial charge in [0.05, 0.1) is 21.2 Å². The smallest absolute Gasteiger partial charge is 0.270 e. The number of nitro benzene ring substituents is 1. The molecule has 0 saturated carbocycles. The van der Waals surface area contributed by atoms with Crippen molar-refractivity contribution in [3.8, 4) is 6.07 Å². The Bertz CT molecular complexity index is 698.